The van der Waals surface area contributed by atoms with E-state index in [2.05, 4.69) is 19.1 Å². The second-order valence-corrected chi connectivity index (χ2v) is 6.65. The largest absolute Gasteiger partial charge is 0.294 e. The molecule has 0 spiro atoms. The van der Waals surface area contributed by atoms with E-state index >= 15 is 0 Å². The van der Waals surface area contributed by atoms with Crippen molar-refractivity contribution in [1.82, 2.24) is 0 Å². The molecule has 0 radical (unpaired) electrons. The predicted octanol–water partition coefficient (Wildman–Crippen LogP) is 3.64. The minimum Gasteiger partial charge on any atom is -0.294 e. The number of ketones is 1. The van der Waals surface area contributed by atoms with Gasteiger partial charge in [0.2, 0.25) is 0 Å². The maximum absolute atomic E-state index is 12.8. The Kier molecular flexibility index (Phi) is 2.83. The highest BCUT2D eigenvalue weighted by molar-refractivity contribution is 6.04. The smallest absolute Gasteiger partial charge is 0.269 e. The molecule has 0 aliphatic heterocycles. The fourth-order valence-corrected chi connectivity index (χ4v) is 4.61. The maximum atomic E-state index is 12.8. The average Bonchev–Trinajstić information content (AvgIpc) is 3.17. The number of Topliss-reactive ketones (excluding diaryl/α,β-unsaturated/α-hetero) is 1. The van der Waals surface area contributed by atoms with E-state index in [1.165, 1.54) is 12.1 Å². The number of rotatable bonds is 2. The quantitative estimate of drug-likeness (QED) is 0.362. The highest BCUT2D eigenvalue weighted by atomic mass is 16.6. The Morgan fingerprint density at radius 3 is 2.50 bits per heavy atom. The number of non-ortho nitro benzene ring substituents is 1. The van der Waals surface area contributed by atoms with Gasteiger partial charge in [-0.1, -0.05) is 19.1 Å². The second kappa shape index (κ2) is 4.63. The molecule has 1 aromatic rings. The summed E-state index contributed by atoms with van der Waals surface area (Å²) in [4.78, 5) is 23.0. The van der Waals surface area contributed by atoms with Gasteiger partial charge < -0.3 is 0 Å². The standard InChI is InChI=1S/C18H17NO3/c1-10-15(8-11-2-6-14(7-3-11)19(21)22)18(20)17-13-5-4-12(9-13)16(10)17/h2-8,10,12-13,16-17H,9H2,1H3/b15-8+/t10-,12+,13-,16-,17+/m1/s1. The summed E-state index contributed by atoms with van der Waals surface area (Å²) in [7, 11) is 0. The third-order valence-corrected chi connectivity index (χ3v) is 5.60. The molecule has 0 N–H and O–H groups in total. The number of allylic oxidation sites excluding steroid dienone is 3. The molecule has 5 atom stereocenters. The van der Waals surface area contributed by atoms with Crippen molar-refractivity contribution in [3.8, 4) is 0 Å². The van der Waals surface area contributed by atoms with Gasteiger partial charge in [-0.05, 0) is 59.4 Å². The first-order valence-electron chi connectivity index (χ1n) is 7.75. The van der Waals surface area contributed by atoms with Gasteiger partial charge in [0.05, 0.1) is 4.92 Å². The van der Waals surface area contributed by atoms with Gasteiger partial charge >= 0.3 is 0 Å². The predicted molar refractivity (Wildman–Crippen MR) is 83.0 cm³/mol. The molecule has 112 valence electrons. The molecular weight excluding hydrogens is 278 g/mol. The SMILES string of the molecule is C[C@@H]1/C(=C\c2ccc([N+](=O)[O-])cc2)C(=O)[C@@H]2[C@H]1[C@H]1C=C[C@@H]2C1. The Labute approximate surface area is 128 Å². The first-order chi connectivity index (χ1) is 10.6. The number of nitro groups is 1. The number of hydrogen-bond acceptors (Lipinski definition) is 3. The number of hydrogen-bond donors (Lipinski definition) is 0. The summed E-state index contributed by atoms with van der Waals surface area (Å²) >= 11 is 0. The molecule has 0 aromatic heterocycles. The van der Waals surface area contributed by atoms with Gasteiger partial charge in [-0.15, -0.1) is 0 Å². The van der Waals surface area contributed by atoms with Gasteiger partial charge in [0, 0.05) is 18.1 Å². The van der Waals surface area contributed by atoms with Crippen LogP contribution in [0, 0.1) is 39.7 Å². The lowest BCUT2D eigenvalue weighted by molar-refractivity contribution is -0.384. The fourth-order valence-electron chi connectivity index (χ4n) is 4.61. The van der Waals surface area contributed by atoms with Crippen LogP contribution in [-0.4, -0.2) is 10.7 Å². The highest BCUT2D eigenvalue weighted by Crippen LogP contribution is 2.57. The molecule has 4 rings (SSSR count). The summed E-state index contributed by atoms with van der Waals surface area (Å²) in [5, 5.41) is 10.7. The zero-order valence-corrected chi connectivity index (χ0v) is 12.3. The van der Waals surface area contributed by atoms with Crippen molar-refractivity contribution in [2.45, 2.75) is 13.3 Å². The summed E-state index contributed by atoms with van der Waals surface area (Å²) in [6.07, 6.45) is 7.56. The van der Waals surface area contributed by atoms with E-state index in [9.17, 15) is 14.9 Å². The minimum absolute atomic E-state index is 0.0760. The van der Waals surface area contributed by atoms with E-state index in [0.29, 0.717) is 17.8 Å². The molecule has 4 nitrogen and oxygen atoms in total. The zero-order valence-electron chi connectivity index (χ0n) is 12.3. The number of nitro benzene ring substituents is 1. The molecule has 22 heavy (non-hydrogen) atoms. The summed E-state index contributed by atoms with van der Waals surface area (Å²) in [6, 6.07) is 6.41. The molecule has 2 saturated carbocycles. The number of fused-ring (bicyclic) bond motifs is 5. The van der Waals surface area contributed by atoms with Crippen LogP contribution < -0.4 is 0 Å². The highest BCUT2D eigenvalue weighted by Gasteiger charge is 2.56. The van der Waals surface area contributed by atoms with Crippen molar-refractivity contribution in [2.75, 3.05) is 0 Å². The Morgan fingerprint density at radius 2 is 1.86 bits per heavy atom. The van der Waals surface area contributed by atoms with Crippen LogP contribution in [0.5, 0.6) is 0 Å². The molecule has 3 aliphatic rings. The molecule has 1 aromatic carbocycles. The van der Waals surface area contributed by atoms with E-state index in [4.69, 9.17) is 0 Å². The Bertz CT molecular complexity index is 716. The molecule has 4 heteroatoms. The molecule has 3 aliphatic carbocycles. The van der Waals surface area contributed by atoms with Crippen LogP contribution in [0.2, 0.25) is 0 Å². The van der Waals surface area contributed by atoms with Crippen molar-refractivity contribution in [3.63, 3.8) is 0 Å². The van der Waals surface area contributed by atoms with Crippen LogP contribution in [0.3, 0.4) is 0 Å². The molecule has 2 bridgehead atoms. The summed E-state index contributed by atoms with van der Waals surface area (Å²) < 4.78 is 0. The summed E-state index contributed by atoms with van der Waals surface area (Å²) in [5.74, 6) is 2.14. The van der Waals surface area contributed by atoms with Crippen molar-refractivity contribution in [2.24, 2.45) is 29.6 Å². The lowest BCUT2D eigenvalue weighted by atomic mass is 9.81. The lowest BCUT2D eigenvalue weighted by Gasteiger charge is -2.21. The van der Waals surface area contributed by atoms with Crippen molar-refractivity contribution in [1.29, 1.82) is 0 Å². The average molecular weight is 295 g/mol. The van der Waals surface area contributed by atoms with Crippen LogP contribution in [0.4, 0.5) is 5.69 Å². The molecule has 0 amide bonds. The van der Waals surface area contributed by atoms with Gasteiger partial charge in [-0.25, -0.2) is 0 Å². The normalized spacial score (nSPS) is 37.0. The third-order valence-electron chi connectivity index (χ3n) is 5.60. The van der Waals surface area contributed by atoms with Crippen molar-refractivity contribution < 1.29 is 9.72 Å². The second-order valence-electron chi connectivity index (χ2n) is 6.65. The van der Waals surface area contributed by atoms with Gasteiger partial charge in [0.15, 0.2) is 5.78 Å². The van der Waals surface area contributed by atoms with Crippen LogP contribution in [0.25, 0.3) is 6.08 Å². The fraction of sp³-hybridized carbons (Fsp3) is 0.389. The minimum atomic E-state index is -0.409. The molecule has 0 saturated heterocycles. The van der Waals surface area contributed by atoms with E-state index in [1.807, 2.05) is 6.08 Å². The summed E-state index contributed by atoms with van der Waals surface area (Å²) in [5.41, 5.74) is 1.83. The van der Waals surface area contributed by atoms with Gasteiger partial charge in [0.25, 0.3) is 5.69 Å². The van der Waals surface area contributed by atoms with Gasteiger partial charge in [0.1, 0.15) is 0 Å². The van der Waals surface area contributed by atoms with E-state index in [1.54, 1.807) is 12.1 Å². The Hall–Kier alpha value is -2.23. The number of carbonyl (C=O) groups excluding carboxylic acids is 1. The van der Waals surface area contributed by atoms with E-state index < -0.39 is 4.92 Å². The third kappa shape index (κ3) is 1.79. The molecule has 0 heterocycles. The van der Waals surface area contributed by atoms with Gasteiger partial charge in [-0.3, -0.25) is 14.9 Å². The zero-order chi connectivity index (χ0) is 15.4. The molecule has 0 unspecified atom stereocenters. The first kappa shape index (κ1) is 13.4. The topological polar surface area (TPSA) is 60.2 Å². The van der Waals surface area contributed by atoms with Crippen molar-refractivity contribution >= 4 is 17.5 Å². The van der Waals surface area contributed by atoms with Gasteiger partial charge in [-0.2, -0.15) is 0 Å². The van der Waals surface area contributed by atoms with E-state index in [0.717, 1.165) is 17.6 Å². The first-order valence-corrected chi connectivity index (χ1v) is 7.75. The molecule has 2 fully saturated rings. The maximum Gasteiger partial charge on any atom is 0.269 e. The monoisotopic (exact) mass is 295 g/mol. The Balaban J connectivity index is 1.66. The van der Waals surface area contributed by atoms with Crippen LogP contribution >= 0.6 is 0 Å². The number of benzene rings is 1. The van der Waals surface area contributed by atoms with Crippen LogP contribution in [0.1, 0.15) is 18.9 Å². The molecular formula is C18H17NO3. The van der Waals surface area contributed by atoms with Crippen molar-refractivity contribution in [3.05, 3.63) is 57.7 Å². The van der Waals surface area contributed by atoms with E-state index in [-0.39, 0.29) is 23.3 Å². The summed E-state index contributed by atoms with van der Waals surface area (Å²) in [6.45, 7) is 2.15. The number of nitrogens with zero attached hydrogens (tertiary/aromatic N) is 1. The number of carbonyl (C=O) groups is 1. The lowest BCUT2D eigenvalue weighted by Crippen LogP contribution is -2.20. The van der Waals surface area contributed by atoms with Crippen LogP contribution in [-0.2, 0) is 4.79 Å². The Morgan fingerprint density at radius 1 is 1.18 bits per heavy atom. The van der Waals surface area contributed by atoms with Crippen LogP contribution in [0.15, 0.2) is 42.0 Å².